The summed E-state index contributed by atoms with van der Waals surface area (Å²) in [5, 5.41) is 29.6. The van der Waals surface area contributed by atoms with Crippen molar-refractivity contribution in [3.05, 3.63) is 66.6 Å². The van der Waals surface area contributed by atoms with E-state index >= 15 is 4.39 Å². The van der Waals surface area contributed by atoms with E-state index in [0.717, 1.165) is 24.0 Å². The first-order valence-corrected chi connectivity index (χ1v) is 12.0. The first-order chi connectivity index (χ1) is 17.0. The number of benzene rings is 1. The smallest absolute Gasteiger partial charge is 0.145 e. The Morgan fingerprint density at radius 3 is 2.83 bits per heavy atom. The molecule has 0 amide bonds. The Morgan fingerprint density at radius 1 is 1.20 bits per heavy atom. The van der Waals surface area contributed by atoms with Crippen LogP contribution in [0.2, 0.25) is 0 Å². The minimum Gasteiger partial charge on any atom is -0.389 e. The van der Waals surface area contributed by atoms with Gasteiger partial charge in [-0.15, -0.1) is 0 Å². The number of aliphatic hydroxyl groups excluding tert-OH is 1. The Hall–Kier alpha value is -3.34. The number of nitrogens with zero attached hydrogens (tertiary/aromatic N) is 6. The molecule has 6 rings (SSSR count). The lowest BCUT2D eigenvalue weighted by Gasteiger charge is -2.37. The Kier molecular flexibility index (Phi) is 5.51. The summed E-state index contributed by atoms with van der Waals surface area (Å²) in [6, 6.07) is 9.21. The van der Waals surface area contributed by atoms with E-state index in [4.69, 9.17) is 0 Å². The van der Waals surface area contributed by atoms with Gasteiger partial charge in [0.05, 0.1) is 23.7 Å². The molecular weight excluding hydrogens is 449 g/mol. The average molecular weight is 478 g/mol. The third kappa shape index (κ3) is 4.18. The van der Waals surface area contributed by atoms with Crippen LogP contribution in [0.25, 0.3) is 16.7 Å². The van der Waals surface area contributed by atoms with Crippen molar-refractivity contribution in [3.8, 4) is 5.69 Å². The van der Waals surface area contributed by atoms with Crippen molar-refractivity contribution in [2.75, 3.05) is 18.0 Å². The van der Waals surface area contributed by atoms with E-state index in [1.807, 2.05) is 22.9 Å². The first-order valence-electron chi connectivity index (χ1n) is 12.0. The molecule has 1 saturated carbocycles. The molecular formula is C25H28FN7O2. The molecule has 1 aliphatic carbocycles. The van der Waals surface area contributed by atoms with Gasteiger partial charge >= 0.3 is 0 Å². The monoisotopic (exact) mass is 477 g/mol. The number of aromatic nitrogens is 5. The lowest BCUT2D eigenvalue weighted by molar-refractivity contribution is -0.101. The van der Waals surface area contributed by atoms with Crippen molar-refractivity contribution in [2.45, 2.75) is 50.1 Å². The van der Waals surface area contributed by atoms with Gasteiger partial charge in [-0.05, 0) is 50.1 Å². The molecule has 3 aromatic heterocycles. The van der Waals surface area contributed by atoms with Gasteiger partial charge in [0.25, 0.3) is 0 Å². The highest BCUT2D eigenvalue weighted by Gasteiger charge is 2.39. The fourth-order valence-corrected chi connectivity index (χ4v) is 4.90. The molecule has 2 aliphatic rings. The Morgan fingerprint density at radius 2 is 2.09 bits per heavy atom. The number of β-amino-alcohol motifs (C(OH)–C–C–N with tert-alkyl or cyclic N) is 1. The van der Waals surface area contributed by atoms with Gasteiger partial charge < -0.3 is 25.0 Å². The van der Waals surface area contributed by atoms with Gasteiger partial charge in [0.2, 0.25) is 0 Å². The number of anilines is 1. The molecule has 3 N–H and O–H groups in total. The third-order valence-electron chi connectivity index (χ3n) is 7.08. The van der Waals surface area contributed by atoms with E-state index in [1.165, 1.54) is 12.4 Å². The van der Waals surface area contributed by atoms with E-state index in [1.54, 1.807) is 29.2 Å². The molecule has 1 aromatic carbocycles. The fraction of sp³-hybridized carbons (Fsp3) is 0.400. The second-order valence-corrected chi connectivity index (χ2v) is 9.54. The lowest BCUT2D eigenvalue weighted by atomic mass is 9.89. The average Bonchev–Trinajstić information content (AvgIpc) is 3.38. The summed E-state index contributed by atoms with van der Waals surface area (Å²) in [5.41, 5.74) is 0.729. The largest absolute Gasteiger partial charge is 0.389 e. The summed E-state index contributed by atoms with van der Waals surface area (Å²) < 4.78 is 18.6. The summed E-state index contributed by atoms with van der Waals surface area (Å²) in [7, 11) is 0. The predicted octanol–water partition coefficient (Wildman–Crippen LogP) is 2.01. The normalized spacial score (nSPS) is 22.5. The molecule has 10 heteroatoms. The first kappa shape index (κ1) is 22.1. The van der Waals surface area contributed by atoms with E-state index in [0.29, 0.717) is 43.0 Å². The second-order valence-electron chi connectivity index (χ2n) is 9.54. The third-order valence-corrected chi connectivity index (χ3v) is 7.08. The van der Waals surface area contributed by atoms with Crippen molar-refractivity contribution in [3.63, 3.8) is 0 Å². The molecule has 182 valence electrons. The number of rotatable bonds is 7. The zero-order valence-electron chi connectivity index (χ0n) is 19.3. The summed E-state index contributed by atoms with van der Waals surface area (Å²) in [5.74, 6) is 0.471. The SMILES string of the molecule is O[C@@H]1CNCC[C@@]1(O)Cn1ccc2c(N(Cc3ccc(-n4cccn4)cc3F)C3CC3)ncnc21. The molecule has 0 radical (unpaired) electrons. The number of hydrogen-bond acceptors (Lipinski definition) is 7. The number of fused-ring (bicyclic) bond motifs is 1. The van der Waals surface area contributed by atoms with Crippen LogP contribution < -0.4 is 10.2 Å². The quantitative estimate of drug-likeness (QED) is 0.374. The van der Waals surface area contributed by atoms with Crippen molar-refractivity contribution in [1.82, 2.24) is 29.6 Å². The molecule has 4 aromatic rings. The van der Waals surface area contributed by atoms with Crippen LogP contribution in [0.3, 0.4) is 0 Å². The standard InChI is InChI=1S/C25H28FN7O2/c26-21-12-19(33-10-1-8-30-33)3-2-17(21)14-32(18-4-5-18)24-20-6-11-31(23(20)28-16-29-24)15-25(35)7-9-27-13-22(25)34/h1-3,6,8,10-12,16,18,22,27,34-35H,4-5,7,9,13-15H2/t22-,25-/m1/s1. The summed E-state index contributed by atoms with van der Waals surface area (Å²) in [6.45, 7) is 1.63. The number of hydrogen-bond donors (Lipinski definition) is 3. The topological polar surface area (TPSA) is 104 Å². The maximum Gasteiger partial charge on any atom is 0.145 e. The molecule has 1 aliphatic heterocycles. The van der Waals surface area contributed by atoms with Crippen LogP contribution in [0.5, 0.6) is 0 Å². The zero-order valence-corrected chi connectivity index (χ0v) is 19.3. The van der Waals surface area contributed by atoms with Gasteiger partial charge in [0.15, 0.2) is 0 Å². The maximum absolute atomic E-state index is 15.1. The fourth-order valence-electron chi connectivity index (χ4n) is 4.90. The van der Waals surface area contributed by atoms with Gasteiger partial charge in [-0.3, -0.25) is 0 Å². The van der Waals surface area contributed by atoms with Gasteiger partial charge in [-0.1, -0.05) is 6.07 Å². The number of piperidine rings is 1. The number of halogens is 1. The number of nitrogens with one attached hydrogen (secondary N) is 1. The van der Waals surface area contributed by atoms with Crippen molar-refractivity contribution >= 4 is 16.9 Å². The van der Waals surface area contributed by atoms with Crippen LogP contribution in [0.4, 0.5) is 10.2 Å². The summed E-state index contributed by atoms with van der Waals surface area (Å²) in [6.07, 6.45) is 8.49. The van der Waals surface area contributed by atoms with Crippen molar-refractivity contribution < 1.29 is 14.6 Å². The van der Waals surface area contributed by atoms with Crippen LogP contribution in [-0.4, -0.2) is 65.4 Å². The molecule has 0 unspecified atom stereocenters. The molecule has 2 atom stereocenters. The van der Waals surface area contributed by atoms with Crippen LogP contribution in [0.15, 0.2) is 55.2 Å². The van der Waals surface area contributed by atoms with Gasteiger partial charge in [-0.25, -0.2) is 19.0 Å². The molecule has 9 nitrogen and oxygen atoms in total. The second kappa shape index (κ2) is 8.71. The minimum atomic E-state index is -1.22. The van der Waals surface area contributed by atoms with Crippen LogP contribution >= 0.6 is 0 Å². The molecule has 1 saturated heterocycles. The molecule has 0 bridgehead atoms. The highest BCUT2D eigenvalue weighted by Crippen LogP contribution is 2.36. The van der Waals surface area contributed by atoms with E-state index < -0.39 is 11.7 Å². The summed E-state index contributed by atoms with van der Waals surface area (Å²) >= 11 is 0. The highest BCUT2D eigenvalue weighted by molar-refractivity contribution is 5.88. The van der Waals surface area contributed by atoms with E-state index in [-0.39, 0.29) is 18.4 Å². The number of aliphatic hydroxyl groups is 2. The van der Waals surface area contributed by atoms with Gasteiger partial charge in [0, 0.05) is 43.3 Å². The van der Waals surface area contributed by atoms with E-state index in [2.05, 4.69) is 25.3 Å². The molecule has 0 spiro atoms. The minimum absolute atomic E-state index is 0.239. The Labute approximate surface area is 201 Å². The molecule has 2 fully saturated rings. The molecule has 4 heterocycles. The zero-order chi connectivity index (χ0) is 24.0. The van der Waals surface area contributed by atoms with Gasteiger partial charge in [0.1, 0.15) is 29.2 Å². The predicted molar refractivity (Wildman–Crippen MR) is 129 cm³/mol. The lowest BCUT2D eigenvalue weighted by Crippen LogP contribution is -2.56. The van der Waals surface area contributed by atoms with Crippen LogP contribution in [0.1, 0.15) is 24.8 Å². The van der Waals surface area contributed by atoms with Crippen LogP contribution in [0, 0.1) is 5.82 Å². The van der Waals surface area contributed by atoms with Crippen LogP contribution in [-0.2, 0) is 13.1 Å². The van der Waals surface area contributed by atoms with Crippen molar-refractivity contribution in [2.24, 2.45) is 0 Å². The Bertz CT molecular complexity index is 1340. The Balaban J connectivity index is 1.30. The van der Waals surface area contributed by atoms with Crippen molar-refractivity contribution in [1.29, 1.82) is 0 Å². The molecule has 35 heavy (non-hydrogen) atoms. The van der Waals surface area contributed by atoms with E-state index in [9.17, 15) is 10.2 Å². The summed E-state index contributed by atoms with van der Waals surface area (Å²) in [4.78, 5) is 11.2. The maximum atomic E-state index is 15.1. The highest BCUT2D eigenvalue weighted by atomic mass is 19.1. The van der Waals surface area contributed by atoms with Gasteiger partial charge in [-0.2, -0.15) is 5.10 Å².